The summed E-state index contributed by atoms with van der Waals surface area (Å²) in [6.45, 7) is 19.5. The topological polar surface area (TPSA) is 27.7 Å². The molecule has 4 heteroatoms. The number of allylic oxidation sites excluding steroid dienone is 1. The molecular weight excluding hydrogens is 256 g/mol. The van der Waals surface area contributed by atoms with Crippen molar-refractivity contribution in [2.75, 3.05) is 6.61 Å². The first-order chi connectivity index (χ1) is 8.43. The van der Waals surface area contributed by atoms with Gasteiger partial charge in [-0.1, -0.05) is 27.4 Å². The Labute approximate surface area is 118 Å². The molecule has 0 aromatic heterocycles. The van der Waals surface area contributed by atoms with E-state index in [4.69, 9.17) is 13.9 Å². The standard InChI is InChI=1S/C15H28O3Si/c1-12(18-19(7,8)14(2,3)4)9-10-13-11-16-15(5,6)17-13/h9-10,13H,1,11H2,2-8H3/b10-9+/t13-/m0/s1. The predicted molar refractivity (Wildman–Crippen MR) is 81.5 cm³/mol. The lowest BCUT2D eigenvalue weighted by molar-refractivity contribution is -0.133. The molecule has 0 aromatic carbocycles. The molecule has 0 unspecified atom stereocenters. The van der Waals surface area contributed by atoms with Gasteiger partial charge in [-0.2, -0.15) is 0 Å². The van der Waals surface area contributed by atoms with Gasteiger partial charge >= 0.3 is 0 Å². The second kappa shape index (κ2) is 5.42. The molecule has 19 heavy (non-hydrogen) atoms. The van der Waals surface area contributed by atoms with Crippen molar-refractivity contribution < 1.29 is 13.9 Å². The van der Waals surface area contributed by atoms with E-state index in [-0.39, 0.29) is 11.1 Å². The first-order valence-electron chi connectivity index (χ1n) is 6.81. The molecule has 0 aliphatic carbocycles. The zero-order valence-electron chi connectivity index (χ0n) is 13.4. The van der Waals surface area contributed by atoms with Crippen LogP contribution in [0, 0.1) is 0 Å². The van der Waals surface area contributed by atoms with E-state index in [2.05, 4.69) is 40.4 Å². The molecule has 1 aliphatic rings. The molecule has 0 bridgehead atoms. The lowest BCUT2D eigenvalue weighted by Gasteiger charge is -2.36. The SMILES string of the molecule is C=C(/C=C/[C@H]1COC(C)(C)O1)O[Si](C)(C)C(C)(C)C. The van der Waals surface area contributed by atoms with Crippen molar-refractivity contribution in [3.8, 4) is 0 Å². The summed E-state index contributed by atoms with van der Waals surface area (Å²) in [7, 11) is -1.80. The van der Waals surface area contributed by atoms with Crippen LogP contribution in [0.5, 0.6) is 0 Å². The number of rotatable bonds is 4. The molecule has 0 N–H and O–H groups in total. The third-order valence-corrected chi connectivity index (χ3v) is 8.10. The van der Waals surface area contributed by atoms with E-state index in [0.717, 1.165) is 0 Å². The highest BCUT2D eigenvalue weighted by Gasteiger charge is 2.39. The predicted octanol–water partition coefficient (Wildman–Crippen LogP) is 4.23. The van der Waals surface area contributed by atoms with Crippen LogP contribution in [-0.2, 0) is 13.9 Å². The molecule has 0 saturated carbocycles. The summed E-state index contributed by atoms with van der Waals surface area (Å²) >= 11 is 0. The molecule has 0 amide bonds. The molecule has 0 radical (unpaired) electrons. The number of hydrogen-bond acceptors (Lipinski definition) is 3. The van der Waals surface area contributed by atoms with Crippen molar-refractivity contribution in [2.45, 2.75) is 64.6 Å². The van der Waals surface area contributed by atoms with Crippen molar-refractivity contribution in [3.63, 3.8) is 0 Å². The van der Waals surface area contributed by atoms with Crippen LogP contribution in [0.3, 0.4) is 0 Å². The van der Waals surface area contributed by atoms with Crippen LogP contribution in [0.4, 0.5) is 0 Å². The zero-order chi connectivity index (χ0) is 14.9. The maximum absolute atomic E-state index is 6.08. The Morgan fingerprint density at radius 3 is 2.37 bits per heavy atom. The van der Waals surface area contributed by atoms with Gasteiger partial charge in [0.25, 0.3) is 0 Å². The van der Waals surface area contributed by atoms with Crippen LogP contribution in [0.15, 0.2) is 24.5 Å². The van der Waals surface area contributed by atoms with Crippen LogP contribution in [0.1, 0.15) is 34.6 Å². The van der Waals surface area contributed by atoms with Crippen molar-refractivity contribution in [1.82, 2.24) is 0 Å². The van der Waals surface area contributed by atoms with Crippen LogP contribution in [0.2, 0.25) is 18.1 Å². The van der Waals surface area contributed by atoms with Crippen molar-refractivity contribution in [2.24, 2.45) is 0 Å². The summed E-state index contributed by atoms with van der Waals surface area (Å²) in [5.41, 5.74) is 0. The maximum atomic E-state index is 6.08. The van der Waals surface area contributed by atoms with E-state index < -0.39 is 14.1 Å². The van der Waals surface area contributed by atoms with Gasteiger partial charge in [0.15, 0.2) is 5.79 Å². The molecule has 1 fully saturated rings. The number of hydrogen-bond donors (Lipinski definition) is 0. The monoisotopic (exact) mass is 284 g/mol. The molecule has 1 aliphatic heterocycles. The van der Waals surface area contributed by atoms with Gasteiger partial charge in [0.2, 0.25) is 8.32 Å². The van der Waals surface area contributed by atoms with Gasteiger partial charge in [-0.15, -0.1) is 0 Å². The van der Waals surface area contributed by atoms with E-state index in [0.29, 0.717) is 12.4 Å². The normalized spacial score (nSPS) is 23.8. The fourth-order valence-electron chi connectivity index (χ4n) is 1.54. The molecule has 1 rings (SSSR count). The van der Waals surface area contributed by atoms with Gasteiger partial charge in [-0.05, 0) is 44.1 Å². The Morgan fingerprint density at radius 2 is 1.95 bits per heavy atom. The van der Waals surface area contributed by atoms with Crippen molar-refractivity contribution >= 4 is 8.32 Å². The highest BCUT2D eigenvalue weighted by molar-refractivity contribution is 6.74. The van der Waals surface area contributed by atoms with Gasteiger partial charge in [0.1, 0.15) is 6.10 Å². The smallest absolute Gasteiger partial charge is 0.250 e. The van der Waals surface area contributed by atoms with Crippen LogP contribution < -0.4 is 0 Å². The highest BCUT2D eigenvalue weighted by atomic mass is 28.4. The lowest BCUT2D eigenvalue weighted by atomic mass is 10.2. The van der Waals surface area contributed by atoms with Gasteiger partial charge < -0.3 is 13.9 Å². The molecule has 3 nitrogen and oxygen atoms in total. The molecular formula is C15H28O3Si. The summed E-state index contributed by atoms with van der Waals surface area (Å²) in [6, 6.07) is 0. The first-order valence-corrected chi connectivity index (χ1v) is 9.72. The minimum absolute atomic E-state index is 0.0187. The Morgan fingerprint density at radius 1 is 1.37 bits per heavy atom. The summed E-state index contributed by atoms with van der Waals surface area (Å²) in [5.74, 6) is 0.219. The average molecular weight is 284 g/mol. The van der Waals surface area contributed by atoms with Gasteiger partial charge in [0.05, 0.1) is 12.4 Å². The molecule has 0 spiro atoms. The molecule has 1 saturated heterocycles. The van der Waals surface area contributed by atoms with E-state index in [1.807, 2.05) is 26.0 Å². The van der Waals surface area contributed by atoms with Crippen LogP contribution in [0.25, 0.3) is 0 Å². The Kier molecular flexibility index (Phi) is 4.70. The lowest BCUT2D eigenvalue weighted by Crippen LogP contribution is -2.40. The van der Waals surface area contributed by atoms with Gasteiger partial charge in [-0.25, -0.2) is 0 Å². The minimum Gasteiger partial charge on any atom is -0.544 e. The van der Waals surface area contributed by atoms with Crippen LogP contribution in [-0.4, -0.2) is 26.8 Å². The van der Waals surface area contributed by atoms with E-state index in [9.17, 15) is 0 Å². The quantitative estimate of drug-likeness (QED) is 0.439. The van der Waals surface area contributed by atoms with Gasteiger partial charge in [0, 0.05) is 0 Å². The second-order valence-electron chi connectivity index (χ2n) is 7.05. The van der Waals surface area contributed by atoms with Crippen molar-refractivity contribution in [3.05, 3.63) is 24.5 Å². The first kappa shape index (κ1) is 16.5. The average Bonchev–Trinajstić information content (AvgIpc) is 2.53. The van der Waals surface area contributed by atoms with E-state index in [1.165, 1.54) is 0 Å². The largest absolute Gasteiger partial charge is 0.544 e. The zero-order valence-corrected chi connectivity index (χ0v) is 14.4. The van der Waals surface area contributed by atoms with Gasteiger partial charge in [-0.3, -0.25) is 0 Å². The molecule has 110 valence electrons. The van der Waals surface area contributed by atoms with Crippen molar-refractivity contribution in [1.29, 1.82) is 0 Å². The summed E-state index contributed by atoms with van der Waals surface area (Å²) in [5, 5.41) is 0.179. The molecule has 1 heterocycles. The van der Waals surface area contributed by atoms with E-state index in [1.54, 1.807) is 0 Å². The van der Waals surface area contributed by atoms with Crippen LogP contribution >= 0.6 is 0 Å². The third-order valence-electron chi connectivity index (χ3n) is 3.72. The Balaban J connectivity index is 2.53. The summed E-state index contributed by atoms with van der Waals surface area (Å²) < 4.78 is 17.3. The Bertz CT molecular complexity index is 364. The fourth-order valence-corrected chi connectivity index (χ4v) is 2.57. The molecule has 0 aromatic rings. The number of ether oxygens (including phenoxy) is 2. The van der Waals surface area contributed by atoms with E-state index >= 15 is 0 Å². The second-order valence-corrected chi connectivity index (χ2v) is 11.8. The minimum atomic E-state index is -1.80. The summed E-state index contributed by atoms with van der Waals surface area (Å²) in [4.78, 5) is 0. The Hall–Kier alpha value is -0.583. The highest BCUT2D eigenvalue weighted by Crippen LogP contribution is 2.37. The fraction of sp³-hybridized carbons (Fsp3) is 0.733. The summed E-state index contributed by atoms with van der Waals surface area (Å²) in [6.07, 6.45) is 3.84. The third kappa shape index (κ3) is 4.78. The maximum Gasteiger partial charge on any atom is 0.250 e. The molecule has 1 atom stereocenters.